The summed E-state index contributed by atoms with van der Waals surface area (Å²) in [5, 5.41) is 33.5. The Morgan fingerprint density at radius 3 is 2.30 bits per heavy atom. The number of amides is 1. The first-order valence-electron chi connectivity index (χ1n) is 6.46. The lowest BCUT2D eigenvalue weighted by atomic mass is 10.1. The summed E-state index contributed by atoms with van der Waals surface area (Å²) in [6, 6.07) is -1.19. The smallest absolute Gasteiger partial charge is 0.380 e. The Hall–Kier alpha value is -2.28. The Morgan fingerprint density at radius 1 is 1.22 bits per heavy atom. The highest BCUT2D eigenvalue weighted by atomic mass is 17.2. The lowest BCUT2D eigenvalue weighted by Gasteiger charge is -2.23. The van der Waals surface area contributed by atoms with Gasteiger partial charge in [-0.25, -0.2) is 19.4 Å². The van der Waals surface area contributed by atoms with E-state index in [9.17, 15) is 19.5 Å². The van der Waals surface area contributed by atoms with Crippen LogP contribution in [0.5, 0.6) is 0 Å². The number of carbonyl (C=O) groups excluding carboxylic acids is 3. The summed E-state index contributed by atoms with van der Waals surface area (Å²) in [5.74, 6) is -3.84. The van der Waals surface area contributed by atoms with Crippen molar-refractivity contribution in [2.45, 2.75) is 25.0 Å². The summed E-state index contributed by atoms with van der Waals surface area (Å²) in [6.45, 7) is -1.93. The Balaban J connectivity index is 4.33. The Kier molecular flexibility index (Phi) is 9.41. The van der Waals surface area contributed by atoms with Crippen molar-refractivity contribution in [3.63, 3.8) is 0 Å². The molecule has 12 heteroatoms. The predicted molar refractivity (Wildman–Crippen MR) is 73.2 cm³/mol. The molecule has 8 N–H and O–H groups in total. The summed E-state index contributed by atoms with van der Waals surface area (Å²) in [6.07, 6.45) is -1.62. The van der Waals surface area contributed by atoms with Crippen LogP contribution in [0.2, 0.25) is 0 Å². The molecule has 0 aromatic heterocycles. The fourth-order valence-corrected chi connectivity index (χ4v) is 1.37. The molecule has 0 aliphatic rings. The van der Waals surface area contributed by atoms with Crippen molar-refractivity contribution in [1.29, 1.82) is 5.41 Å². The van der Waals surface area contributed by atoms with Crippen LogP contribution in [0, 0.1) is 5.41 Å². The Labute approximate surface area is 131 Å². The van der Waals surface area contributed by atoms with E-state index in [1.165, 1.54) is 0 Å². The van der Waals surface area contributed by atoms with Gasteiger partial charge in [0.25, 0.3) is 5.91 Å². The van der Waals surface area contributed by atoms with Crippen LogP contribution in [0.15, 0.2) is 0 Å². The van der Waals surface area contributed by atoms with Gasteiger partial charge in [-0.1, -0.05) is 0 Å². The van der Waals surface area contributed by atoms with Crippen molar-refractivity contribution in [3.05, 3.63) is 0 Å². The van der Waals surface area contributed by atoms with Gasteiger partial charge in [-0.15, -0.1) is 0 Å². The molecule has 0 saturated carbocycles. The molecule has 1 amide bonds. The van der Waals surface area contributed by atoms with Gasteiger partial charge in [0.05, 0.1) is 6.61 Å². The summed E-state index contributed by atoms with van der Waals surface area (Å²) < 4.78 is 0. The van der Waals surface area contributed by atoms with Crippen LogP contribution in [0.1, 0.15) is 12.8 Å². The molecule has 0 rings (SSSR count). The maximum atomic E-state index is 11.6. The van der Waals surface area contributed by atoms with Crippen molar-refractivity contribution in [2.24, 2.45) is 11.5 Å². The van der Waals surface area contributed by atoms with Gasteiger partial charge in [0.2, 0.25) is 0 Å². The average molecular weight is 336 g/mol. The second kappa shape index (κ2) is 10.4. The van der Waals surface area contributed by atoms with Crippen molar-refractivity contribution in [2.75, 3.05) is 19.8 Å². The standard InChI is InChI=1S/C11H20N4O8/c12-6(10(21)23-22-8(19)5-17)2-1-3-15(11(13)14)9(20)7(18)4-16/h6-7,16-18H,1-5,12H2,(H3,13,14). The molecule has 0 aliphatic carbocycles. The van der Waals surface area contributed by atoms with Crippen LogP contribution in [0.3, 0.4) is 0 Å². The van der Waals surface area contributed by atoms with E-state index in [0.717, 1.165) is 0 Å². The van der Waals surface area contributed by atoms with Crippen molar-refractivity contribution >= 4 is 23.8 Å². The van der Waals surface area contributed by atoms with E-state index in [2.05, 4.69) is 9.78 Å². The number of aliphatic hydroxyl groups is 3. The fraction of sp³-hybridized carbons (Fsp3) is 0.636. The van der Waals surface area contributed by atoms with E-state index in [1.54, 1.807) is 0 Å². The second-order valence-electron chi connectivity index (χ2n) is 4.34. The lowest BCUT2D eigenvalue weighted by molar-refractivity contribution is -0.261. The predicted octanol–water partition coefficient (Wildman–Crippen LogP) is -3.84. The molecule has 0 aliphatic heterocycles. The number of nitrogens with zero attached hydrogens (tertiary/aromatic N) is 1. The molecular formula is C11H20N4O8. The van der Waals surface area contributed by atoms with Crippen LogP contribution >= 0.6 is 0 Å². The second-order valence-corrected chi connectivity index (χ2v) is 4.34. The maximum absolute atomic E-state index is 11.6. The normalized spacial score (nSPS) is 12.9. The van der Waals surface area contributed by atoms with Crippen LogP contribution in [-0.2, 0) is 24.2 Å². The summed E-state index contributed by atoms with van der Waals surface area (Å²) in [4.78, 5) is 42.2. The number of aliphatic hydroxyl groups excluding tert-OH is 3. The summed E-state index contributed by atoms with van der Waals surface area (Å²) in [7, 11) is 0. The molecule has 0 fully saturated rings. The molecule has 0 aromatic rings. The third kappa shape index (κ3) is 7.51. The fourth-order valence-electron chi connectivity index (χ4n) is 1.37. The number of guanidine groups is 1. The van der Waals surface area contributed by atoms with E-state index in [-0.39, 0.29) is 19.4 Å². The van der Waals surface area contributed by atoms with E-state index >= 15 is 0 Å². The third-order valence-corrected chi connectivity index (χ3v) is 2.56. The number of hydrogen-bond acceptors (Lipinski definition) is 10. The van der Waals surface area contributed by atoms with Crippen LogP contribution in [0.25, 0.3) is 0 Å². The van der Waals surface area contributed by atoms with Crippen LogP contribution in [-0.4, -0.2) is 75.9 Å². The van der Waals surface area contributed by atoms with Gasteiger partial charge in [0.15, 0.2) is 12.1 Å². The minimum Gasteiger partial charge on any atom is -0.393 e. The lowest BCUT2D eigenvalue weighted by Crippen LogP contribution is -2.48. The molecule has 2 atom stereocenters. The molecule has 0 spiro atoms. The van der Waals surface area contributed by atoms with Gasteiger partial charge < -0.3 is 26.8 Å². The zero-order valence-corrected chi connectivity index (χ0v) is 12.2. The number of hydrogen-bond donors (Lipinski definition) is 6. The molecule has 0 heterocycles. The Bertz CT molecular complexity index is 444. The van der Waals surface area contributed by atoms with Crippen molar-refractivity contribution in [1.82, 2.24) is 4.90 Å². The van der Waals surface area contributed by atoms with E-state index in [4.69, 9.17) is 27.1 Å². The average Bonchev–Trinajstić information content (AvgIpc) is 2.53. The number of nitrogens with two attached hydrogens (primary N) is 2. The largest absolute Gasteiger partial charge is 0.393 e. The van der Waals surface area contributed by atoms with Crippen molar-refractivity contribution < 1.29 is 39.5 Å². The topological polar surface area (TPSA) is 209 Å². The zero-order chi connectivity index (χ0) is 18.0. The molecule has 132 valence electrons. The first-order chi connectivity index (χ1) is 10.7. The van der Waals surface area contributed by atoms with Gasteiger partial charge in [-0.3, -0.25) is 15.1 Å². The molecule has 2 unspecified atom stereocenters. The van der Waals surface area contributed by atoms with Gasteiger partial charge >= 0.3 is 11.9 Å². The molecule has 12 nitrogen and oxygen atoms in total. The highest BCUT2D eigenvalue weighted by Crippen LogP contribution is 2.03. The summed E-state index contributed by atoms with van der Waals surface area (Å²) in [5.41, 5.74) is 10.7. The SMILES string of the molecule is N=C(N)N(CCCC(N)C(=O)OOC(=O)CO)C(=O)C(O)CO. The van der Waals surface area contributed by atoms with E-state index in [1.807, 2.05) is 0 Å². The quantitative estimate of drug-likeness (QED) is 0.110. The molecule has 0 aromatic carbocycles. The van der Waals surface area contributed by atoms with Gasteiger partial charge in [0.1, 0.15) is 12.6 Å². The Morgan fingerprint density at radius 2 is 1.83 bits per heavy atom. The number of carbonyl (C=O) groups is 3. The van der Waals surface area contributed by atoms with Crippen LogP contribution in [0.4, 0.5) is 0 Å². The molecular weight excluding hydrogens is 316 g/mol. The van der Waals surface area contributed by atoms with E-state index in [0.29, 0.717) is 4.90 Å². The molecule has 0 bridgehead atoms. The van der Waals surface area contributed by atoms with Crippen molar-refractivity contribution in [3.8, 4) is 0 Å². The third-order valence-electron chi connectivity index (χ3n) is 2.56. The van der Waals surface area contributed by atoms with Crippen LogP contribution < -0.4 is 11.5 Å². The van der Waals surface area contributed by atoms with Gasteiger partial charge in [-0.05, 0) is 12.8 Å². The molecule has 0 saturated heterocycles. The number of nitrogens with one attached hydrogen (secondary N) is 1. The highest BCUT2D eigenvalue weighted by molar-refractivity contribution is 5.96. The monoisotopic (exact) mass is 336 g/mol. The zero-order valence-electron chi connectivity index (χ0n) is 12.2. The maximum Gasteiger partial charge on any atom is 0.380 e. The van der Waals surface area contributed by atoms with E-state index < -0.39 is 49.2 Å². The van der Waals surface area contributed by atoms with Gasteiger partial charge in [-0.2, -0.15) is 0 Å². The minimum atomic E-state index is -1.71. The number of rotatable bonds is 8. The highest BCUT2D eigenvalue weighted by Gasteiger charge is 2.24. The molecule has 23 heavy (non-hydrogen) atoms. The minimum absolute atomic E-state index is 0.0121. The first-order valence-corrected chi connectivity index (χ1v) is 6.46. The van der Waals surface area contributed by atoms with Gasteiger partial charge in [0, 0.05) is 6.54 Å². The first kappa shape index (κ1) is 20.7. The molecule has 0 radical (unpaired) electrons. The summed E-state index contributed by atoms with van der Waals surface area (Å²) >= 11 is 0.